The number of nitrogens with zero attached hydrogens (tertiary/aromatic N) is 4. The lowest BCUT2D eigenvalue weighted by molar-refractivity contribution is -0.124. The van der Waals surface area contributed by atoms with Crippen molar-refractivity contribution in [2.24, 2.45) is 0 Å². The molecule has 2 heterocycles. The highest BCUT2D eigenvalue weighted by Crippen LogP contribution is 2.15. The standard InChI is InChI=1S/C21H27N5O2/c1-4-24(18-9-5-8-16(2)14-18)13-7-11-22-20(27)17(3)26-21(28)19-10-6-12-25(19)15-23-26/h5-6,8-10,12,14-15,17H,4,7,11,13H2,1-3H3,(H,22,27). The molecule has 1 N–H and O–H groups in total. The van der Waals surface area contributed by atoms with E-state index in [1.165, 1.54) is 15.9 Å². The second-order valence-electron chi connectivity index (χ2n) is 6.92. The molecular formula is C21H27N5O2. The van der Waals surface area contributed by atoms with Crippen molar-refractivity contribution >= 4 is 17.1 Å². The smallest absolute Gasteiger partial charge is 0.291 e. The van der Waals surface area contributed by atoms with Crippen LogP contribution in [0.5, 0.6) is 0 Å². The van der Waals surface area contributed by atoms with Crippen molar-refractivity contribution in [1.82, 2.24) is 19.5 Å². The quantitative estimate of drug-likeness (QED) is 0.608. The van der Waals surface area contributed by atoms with Gasteiger partial charge in [-0.25, -0.2) is 4.68 Å². The molecule has 0 saturated carbocycles. The summed E-state index contributed by atoms with van der Waals surface area (Å²) in [6, 6.07) is 11.2. The minimum atomic E-state index is -0.661. The van der Waals surface area contributed by atoms with Crippen LogP contribution in [0.4, 0.5) is 5.69 Å². The van der Waals surface area contributed by atoms with E-state index < -0.39 is 6.04 Å². The molecule has 0 aliphatic rings. The summed E-state index contributed by atoms with van der Waals surface area (Å²) in [5.74, 6) is -0.205. The first-order valence-corrected chi connectivity index (χ1v) is 9.65. The fourth-order valence-corrected chi connectivity index (χ4v) is 3.27. The van der Waals surface area contributed by atoms with Crippen molar-refractivity contribution in [3.63, 3.8) is 0 Å². The molecule has 0 radical (unpaired) electrons. The van der Waals surface area contributed by atoms with Crippen molar-refractivity contribution in [3.8, 4) is 0 Å². The zero-order valence-corrected chi connectivity index (χ0v) is 16.6. The van der Waals surface area contributed by atoms with E-state index >= 15 is 0 Å². The lowest BCUT2D eigenvalue weighted by Gasteiger charge is -2.23. The highest BCUT2D eigenvalue weighted by atomic mass is 16.2. The molecule has 1 atom stereocenters. The average Bonchev–Trinajstić information content (AvgIpc) is 3.17. The largest absolute Gasteiger partial charge is 0.372 e. The van der Waals surface area contributed by atoms with Gasteiger partial charge in [-0.15, -0.1) is 0 Å². The van der Waals surface area contributed by atoms with Crippen molar-refractivity contribution < 1.29 is 4.79 Å². The fraction of sp³-hybridized carbons (Fsp3) is 0.381. The first-order chi connectivity index (χ1) is 13.5. The molecule has 28 heavy (non-hydrogen) atoms. The van der Waals surface area contributed by atoms with E-state index in [9.17, 15) is 9.59 Å². The van der Waals surface area contributed by atoms with Gasteiger partial charge in [0.15, 0.2) is 0 Å². The maximum absolute atomic E-state index is 12.5. The number of aryl methyl sites for hydroxylation is 1. The molecule has 3 rings (SSSR count). The van der Waals surface area contributed by atoms with Crippen LogP contribution in [0.1, 0.15) is 31.9 Å². The molecule has 1 amide bonds. The van der Waals surface area contributed by atoms with E-state index in [0.29, 0.717) is 12.1 Å². The Kier molecular flexibility index (Phi) is 6.13. The Hall–Kier alpha value is -3.09. The van der Waals surface area contributed by atoms with E-state index in [-0.39, 0.29) is 11.5 Å². The van der Waals surface area contributed by atoms with E-state index in [1.54, 1.807) is 36.0 Å². The van der Waals surface area contributed by atoms with E-state index in [1.807, 2.05) is 0 Å². The summed E-state index contributed by atoms with van der Waals surface area (Å²) in [4.78, 5) is 27.2. The number of hydrogen-bond acceptors (Lipinski definition) is 4. The summed E-state index contributed by atoms with van der Waals surface area (Å²) in [6.45, 7) is 8.20. The van der Waals surface area contributed by atoms with Crippen molar-refractivity contribution in [2.45, 2.75) is 33.2 Å². The van der Waals surface area contributed by atoms with Crippen LogP contribution in [0, 0.1) is 6.92 Å². The third-order valence-electron chi connectivity index (χ3n) is 4.91. The Bertz CT molecular complexity index is 1010. The van der Waals surface area contributed by atoms with Gasteiger partial charge in [0, 0.05) is 31.5 Å². The third kappa shape index (κ3) is 4.24. The molecule has 1 aromatic carbocycles. The van der Waals surface area contributed by atoms with Gasteiger partial charge in [0.1, 0.15) is 17.9 Å². The molecule has 0 aliphatic heterocycles. The lowest BCUT2D eigenvalue weighted by atomic mass is 10.2. The van der Waals surface area contributed by atoms with Gasteiger partial charge in [-0.3, -0.25) is 9.59 Å². The Morgan fingerprint density at radius 2 is 2.11 bits per heavy atom. The molecule has 3 aromatic rings. The van der Waals surface area contributed by atoms with E-state index in [2.05, 4.69) is 53.4 Å². The molecule has 148 valence electrons. The highest BCUT2D eigenvalue weighted by molar-refractivity contribution is 5.79. The van der Waals surface area contributed by atoms with Gasteiger partial charge >= 0.3 is 0 Å². The first kappa shape index (κ1) is 19.7. The summed E-state index contributed by atoms with van der Waals surface area (Å²) in [5.41, 5.74) is 2.66. The van der Waals surface area contributed by atoms with Crippen molar-refractivity contribution in [3.05, 3.63) is 64.8 Å². The fourth-order valence-electron chi connectivity index (χ4n) is 3.27. The molecule has 0 fully saturated rings. The van der Waals surface area contributed by atoms with Crippen LogP contribution in [0.2, 0.25) is 0 Å². The normalized spacial score (nSPS) is 12.1. The Balaban J connectivity index is 1.54. The maximum Gasteiger partial charge on any atom is 0.291 e. The number of amides is 1. The van der Waals surface area contributed by atoms with Gasteiger partial charge in [0.25, 0.3) is 5.56 Å². The Labute approximate surface area is 164 Å². The number of carbonyl (C=O) groups excluding carboxylic acids is 1. The molecule has 1 unspecified atom stereocenters. The number of fused-ring (bicyclic) bond motifs is 1. The van der Waals surface area contributed by atoms with Gasteiger partial charge in [0.05, 0.1) is 0 Å². The minimum absolute atomic E-state index is 0.205. The van der Waals surface area contributed by atoms with Crippen LogP contribution in [-0.2, 0) is 4.79 Å². The zero-order chi connectivity index (χ0) is 20.1. The van der Waals surface area contributed by atoms with Gasteiger partial charge in [0.2, 0.25) is 5.91 Å². The number of aromatic nitrogens is 3. The predicted molar refractivity (Wildman–Crippen MR) is 111 cm³/mol. The molecule has 0 spiro atoms. The molecule has 7 nitrogen and oxygen atoms in total. The molecule has 7 heteroatoms. The number of rotatable bonds is 8. The molecule has 2 aromatic heterocycles. The topological polar surface area (TPSA) is 71.6 Å². The monoisotopic (exact) mass is 381 g/mol. The molecule has 0 bridgehead atoms. The van der Waals surface area contributed by atoms with Crippen LogP contribution in [0.25, 0.3) is 5.52 Å². The number of benzene rings is 1. The second-order valence-corrected chi connectivity index (χ2v) is 6.92. The average molecular weight is 381 g/mol. The first-order valence-electron chi connectivity index (χ1n) is 9.65. The molecule has 0 aliphatic carbocycles. The SMILES string of the molecule is CCN(CCCNC(=O)C(C)n1ncn2cccc2c1=O)c1cccc(C)c1. The van der Waals surface area contributed by atoms with E-state index in [4.69, 9.17) is 0 Å². The van der Waals surface area contributed by atoms with Crippen molar-refractivity contribution in [1.29, 1.82) is 0 Å². The van der Waals surface area contributed by atoms with Crippen LogP contribution < -0.4 is 15.8 Å². The summed E-state index contributed by atoms with van der Waals surface area (Å²) in [7, 11) is 0. The summed E-state index contributed by atoms with van der Waals surface area (Å²) in [6.07, 6.45) is 4.12. The van der Waals surface area contributed by atoms with Crippen molar-refractivity contribution in [2.75, 3.05) is 24.5 Å². The van der Waals surface area contributed by atoms with E-state index in [0.717, 1.165) is 19.5 Å². The van der Waals surface area contributed by atoms with Crippen LogP contribution in [0.3, 0.4) is 0 Å². The Morgan fingerprint density at radius 3 is 2.86 bits per heavy atom. The minimum Gasteiger partial charge on any atom is -0.372 e. The Morgan fingerprint density at radius 1 is 1.29 bits per heavy atom. The number of nitrogens with one attached hydrogen (secondary N) is 1. The predicted octanol–water partition coefficient (Wildman–Crippen LogP) is 2.40. The summed E-state index contributed by atoms with van der Waals surface area (Å²) >= 11 is 0. The summed E-state index contributed by atoms with van der Waals surface area (Å²) in [5, 5.41) is 7.04. The number of anilines is 1. The van der Waals surface area contributed by atoms with Crippen LogP contribution in [0.15, 0.2) is 53.7 Å². The molecular weight excluding hydrogens is 354 g/mol. The summed E-state index contributed by atoms with van der Waals surface area (Å²) < 4.78 is 2.88. The van der Waals surface area contributed by atoms with Gasteiger partial charge in [-0.2, -0.15) is 5.10 Å². The maximum atomic E-state index is 12.5. The highest BCUT2D eigenvalue weighted by Gasteiger charge is 2.18. The lowest BCUT2D eigenvalue weighted by Crippen LogP contribution is -2.38. The second kappa shape index (κ2) is 8.73. The van der Waals surface area contributed by atoms with Crippen LogP contribution in [-0.4, -0.2) is 39.7 Å². The van der Waals surface area contributed by atoms with Crippen LogP contribution >= 0.6 is 0 Å². The molecule has 0 saturated heterocycles. The zero-order valence-electron chi connectivity index (χ0n) is 16.6. The number of carbonyl (C=O) groups is 1. The van der Waals surface area contributed by atoms with Gasteiger partial charge in [-0.05, 0) is 57.0 Å². The van der Waals surface area contributed by atoms with Gasteiger partial charge in [-0.1, -0.05) is 12.1 Å². The van der Waals surface area contributed by atoms with Gasteiger partial charge < -0.3 is 14.6 Å². The third-order valence-corrected chi connectivity index (χ3v) is 4.91. The number of hydrogen-bond donors (Lipinski definition) is 1.